The number of carbonyl (C=O) groups excluding carboxylic acids is 2. The zero-order chi connectivity index (χ0) is 16.3. The fourth-order valence-corrected chi connectivity index (χ4v) is 3.14. The zero-order valence-corrected chi connectivity index (χ0v) is 13.7. The van der Waals surface area contributed by atoms with Gasteiger partial charge >= 0.3 is 6.09 Å². The number of carbonyl (C=O) groups is 2. The van der Waals surface area contributed by atoms with Crippen molar-refractivity contribution in [3.8, 4) is 0 Å². The molecule has 22 heavy (non-hydrogen) atoms. The first kappa shape index (κ1) is 16.8. The molecule has 1 aliphatic rings. The van der Waals surface area contributed by atoms with Gasteiger partial charge in [0.05, 0.1) is 11.8 Å². The number of ether oxygens (including phenoxy) is 1. The lowest BCUT2D eigenvalue weighted by Gasteiger charge is -2.24. The van der Waals surface area contributed by atoms with Crippen molar-refractivity contribution < 1.29 is 18.7 Å². The zero-order valence-electron chi connectivity index (χ0n) is 12.9. The normalized spacial score (nSPS) is 21.7. The number of likely N-dealkylation sites (tertiary alicyclic amines) is 1. The molecule has 2 atom stereocenters. The first-order valence-electron chi connectivity index (χ1n) is 7.14. The lowest BCUT2D eigenvalue weighted by Crippen LogP contribution is -2.35. The van der Waals surface area contributed by atoms with Gasteiger partial charge in [-0.2, -0.15) is 0 Å². The van der Waals surface area contributed by atoms with Gasteiger partial charge in [-0.05, 0) is 20.8 Å². The molecular weight excluding hydrogens is 305 g/mol. The first-order valence-corrected chi connectivity index (χ1v) is 8.02. The monoisotopic (exact) mass is 325 g/mol. The molecule has 0 spiro atoms. The fourth-order valence-electron chi connectivity index (χ4n) is 2.10. The van der Waals surface area contributed by atoms with E-state index in [1.807, 2.05) is 6.07 Å². The molecule has 0 aliphatic carbocycles. The van der Waals surface area contributed by atoms with E-state index >= 15 is 0 Å². The molecule has 1 amide bonds. The molecule has 1 aromatic carbocycles. The van der Waals surface area contributed by atoms with Crippen LogP contribution >= 0.6 is 11.8 Å². The summed E-state index contributed by atoms with van der Waals surface area (Å²) in [6.07, 6.45) is -1.77. The number of hydrogen-bond acceptors (Lipinski definition) is 4. The second-order valence-corrected chi connectivity index (χ2v) is 7.42. The molecule has 1 saturated heterocycles. The highest BCUT2D eigenvalue weighted by Crippen LogP contribution is 2.29. The first-order chi connectivity index (χ1) is 10.3. The fraction of sp³-hybridized carbons (Fsp3) is 0.500. The lowest BCUT2D eigenvalue weighted by atomic mass is 10.2. The van der Waals surface area contributed by atoms with Crippen LogP contribution in [-0.2, 0) is 4.74 Å². The number of alkyl halides is 1. The van der Waals surface area contributed by atoms with Crippen molar-refractivity contribution in [3.63, 3.8) is 0 Å². The summed E-state index contributed by atoms with van der Waals surface area (Å²) in [4.78, 5) is 25.4. The third-order valence-corrected chi connectivity index (χ3v) is 4.32. The summed E-state index contributed by atoms with van der Waals surface area (Å²) in [6, 6.07) is 8.75. The van der Waals surface area contributed by atoms with Gasteiger partial charge in [-0.1, -0.05) is 42.1 Å². The standard InChI is InChI=1S/C16H20FNO3S/c1-16(2,3)21-15(20)18-9-12(17)13(10-18)22-14(19)11-7-5-4-6-8-11/h4-8,12-13H,9-10H2,1-3H3/t12-,13+/m1/s1. The predicted octanol–water partition coefficient (Wildman–Crippen LogP) is 3.52. The quantitative estimate of drug-likeness (QED) is 0.835. The molecule has 1 aliphatic heterocycles. The van der Waals surface area contributed by atoms with Gasteiger partial charge in [-0.15, -0.1) is 0 Å². The number of thioether (sulfide) groups is 1. The van der Waals surface area contributed by atoms with Gasteiger partial charge in [0.25, 0.3) is 0 Å². The summed E-state index contributed by atoms with van der Waals surface area (Å²) in [7, 11) is 0. The van der Waals surface area contributed by atoms with E-state index in [1.54, 1.807) is 45.0 Å². The Bertz CT molecular complexity index is 544. The van der Waals surface area contributed by atoms with Crippen LogP contribution in [0.15, 0.2) is 30.3 Å². The number of benzene rings is 1. The largest absolute Gasteiger partial charge is 0.444 e. The third-order valence-electron chi connectivity index (χ3n) is 3.12. The molecule has 6 heteroatoms. The number of hydrogen-bond donors (Lipinski definition) is 0. The van der Waals surface area contributed by atoms with Crippen LogP contribution in [0.25, 0.3) is 0 Å². The second kappa shape index (κ2) is 6.69. The highest BCUT2D eigenvalue weighted by Gasteiger charge is 2.39. The number of nitrogens with zero attached hydrogens (tertiary/aromatic N) is 1. The van der Waals surface area contributed by atoms with Crippen molar-refractivity contribution in [2.24, 2.45) is 0 Å². The van der Waals surface area contributed by atoms with Gasteiger partial charge in [0.2, 0.25) is 5.12 Å². The Balaban J connectivity index is 1.94. The Labute approximate surface area is 134 Å². The molecule has 0 N–H and O–H groups in total. The van der Waals surface area contributed by atoms with E-state index < -0.39 is 23.1 Å². The van der Waals surface area contributed by atoms with E-state index in [0.29, 0.717) is 5.56 Å². The molecule has 0 radical (unpaired) electrons. The number of halogens is 1. The van der Waals surface area contributed by atoms with E-state index in [-0.39, 0.29) is 18.2 Å². The molecule has 1 heterocycles. The van der Waals surface area contributed by atoms with Gasteiger partial charge in [0.15, 0.2) is 0 Å². The molecule has 2 rings (SSSR count). The van der Waals surface area contributed by atoms with E-state index in [1.165, 1.54) is 4.90 Å². The minimum Gasteiger partial charge on any atom is -0.444 e. The summed E-state index contributed by atoms with van der Waals surface area (Å²) in [5.41, 5.74) is -0.0797. The van der Waals surface area contributed by atoms with Gasteiger partial charge in [-0.3, -0.25) is 4.79 Å². The van der Waals surface area contributed by atoms with Crippen LogP contribution in [0.2, 0.25) is 0 Å². The van der Waals surface area contributed by atoms with Crippen molar-refractivity contribution in [3.05, 3.63) is 35.9 Å². The van der Waals surface area contributed by atoms with Crippen molar-refractivity contribution in [2.45, 2.75) is 37.8 Å². The second-order valence-electron chi connectivity index (χ2n) is 6.21. The van der Waals surface area contributed by atoms with Crippen molar-refractivity contribution in [2.75, 3.05) is 13.1 Å². The lowest BCUT2D eigenvalue weighted by molar-refractivity contribution is 0.0284. The average Bonchev–Trinajstić information content (AvgIpc) is 2.79. The van der Waals surface area contributed by atoms with Crippen LogP contribution < -0.4 is 0 Å². The van der Waals surface area contributed by atoms with Gasteiger partial charge in [0.1, 0.15) is 11.8 Å². The van der Waals surface area contributed by atoms with Crippen LogP contribution in [0.5, 0.6) is 0 Å². The molecule has 4 nitrogen and oxygen atoms in total. The smallest absolute Gasteiger partial charge is 0.410 e. The molecule has 0 saturated carbocycles. The van der Waals surface area contributed by atoms with Crippen LogP contribution in [0.3, 0.4) is 0 Å². The van der Waals surface area contributed by atoms with Crippen LogP contribution in [-0.4, -0.2) is 46.2 Å². The molecule has 1 fully saturated rings. The van der Waals surface area contributed by atoms with Crippen molar-refractivity contribution >= 4 is 23.0 Å². The van der Waals surface area contributed by atoms with Crippen LogP contribution in [0.4, 0.5) is 9.18 Å². The highest BCUT2D eigenvalue weighted by molar-refractivity contribution is 8.14. The van der Waals surface area contributed by atoms with Gasteiger partial charge in [0, 0.05) is 12.1 Å². The minimum absolute atomic E-state index is 0.0331. The van der Waals surface area contributed by atoms with Gasteiger partial charge in [-0.25, -0.2) is 9.18 Å². The van der Waals surface area contributed by atoms with E-state index in [2.05, 4.69) is 0 Å². The average molecular weight is 325 g/mol. The summed E-state index contributed by atoms with van der Waals surface area (Å²) < 4.78 is 19.3. The summed E-state index contributed by atoms with van der Waals surface area (Å²) in [5, 5.41) is -0.737. The van der Waals surface area contributed by atoms with Crippen molar-refractivity contribution in [1.82, 2.24) is 4.90 Å². The molecule has 120 valence electrons. The molecule has 1 aromatic rings. The molecule has 0 aromatic heterocycles. The van der Waals surface area contributed by atoms with E-state index in [0.717, 1.165) is 11.8 Å². The summed E-state index contributed by atoms with van der Waals surface area (Å²) >= 11 is 0.944. The van der Waals surface area contributed by atoms with E-state index in [4.69, 9.17) is 4.74 Å². The maximum Gasteiger partial charge on any atom is 0.410 e. The van der Waals surface area contributed by atoms with E-state index in [9.17, 15) is 14.0 Å². The van der Waals surface area contributed by atoms with Gasteiger partial charge < -0.3 is 9.64 Å². The van der Waals surface area contributed by atoms with Crippen LogP contribution in [0.1, 0.15) is 31.1 Å². The minimum atomic E-state index is -1.23. The Morgan fingerprint density at radius 2 is 1.86 bits per heavy atom. The SMILES string of the molecule is CC(C)(C)OC(=O)N1C[C@@H](F)[C@@H](SC(=O)c2ccccc2)C1. The van der Waals surface area contributed by atoms with Crippen LogP contribution in [0, 0.1) is 0 Å². The Hall–Kier alpha value is -1.56. The summed E-state index contributed by atoms with van der Waals surface area (Å²) in [5.74, 6) is 0. The molecular formula is C16H20FNO3S. The maximum absolute atomic E-state index is 14.1. The van der Waals surface area contributed by atoms with Crippen molar-refractivity contribution in [1.29, 1.82) is 0 Å². The Kier molecular flexibility index (Phi) is 5.11. The summed E-state index contributed by atoms with van der Waals surface area (Å²) in [6.45, 7) is 5.44. The topological polar surface area (TPSA) is 46.6 Å². The molecule has 0 unspecified atom stereocenters. The predicted molar refractivity (Wildman–Crippen MR) is 84.9 cm³/mol. The third kappa shape index (κ3) is 4.47. The number of rotatable bonds is 2. The maximum atomic E-state index is 14.1. The Morgan fingerprint density at radius 3 is 2.45 bits per heavy atom. The molecule has 0 bridgehead atoms. The Morgan fingerprint density at radius 1 is 1.23 bits per heavy atom. The highest BCUT2D eigenvalue weighted by atomic mass is 32.2. The number of amides is 1.